The summed E-state index contributed by atoms with van der Waals surface area (Å²) in [5, 5.41) is 13.2. The Labute approximate surface area is 126 Å². The molecule has 7 nitrogen and oxygen atoms in total. The quantitative estimate of drug-likeness (QED) is 0.689. The number of methoxy groups -OCH3 is 1. The maximum absolute atomic E-state index is 11.9. The zero-order chi connectivity index (χ0) is 15.7. The van der Waals surface area contributed by atoms with Gasteiger partial charge in [-0.3, -0.25) is 14.4 Å². The number of nitrogens with zero attached hydrogens (tertiary/aromatic N) is 1. The zero-order valence-electron chi connectivity index (χ0n) is 11.7. The first-order chi connectivity index (χ1) is 10.0. The molecule has 8 heteroatoms. The van der Waals surface area contributed by atoms with E-state index >= 15 is 0 Å². The van der Waals surface area contributed by atoms with Crippen LogP contribution in [-0.2, 0) is 14.3 Å². The molecule has 1 aromatic heterocycles. The van der Waals surface area contributed by atoms with Crippen molar-refractivity contribution >= 4 is 29.1 Å². The van der Waals surface area contributed by atoms with Crippen LogP contribution in [0.4, 0.5) is 0 Å². The molecular formula is C13H18N2O5S. The molecule has 0 aliphatic heterocycles. The number of rotatable bonds is 9. The molecule has 0 saturated carbocycles. The maximum atomic E-state index is 11.9. The van der Waals surface area contributed by atoms with Crippen LogP contribution in [0.3, 0.4) is 0 Å². The second-order valence-corrected chi connectivity index (χ2v) is 5.13. The standard InChI is InChI=1S/C13H18N2O5S/c1-20-7-6-15(9-12(17)18)11(16)4-5-14-13(19)10-3-2-8-21-10/h2-3,8H,4-7,9H2,1H3,(H,14,19)(H,17,18). The van der Waals surface area contributed by atoms with Crippen LogP contribution in [0, 0.1) is 0 Å². The highest BCUT2D eigenvalue weighted by molar-refractivity contribution is 7.12. The number of hydrogen-bond acceptors (Lipinski definition) is 5. The van der Waals surface area contributed by atoms with E-state index in [0.717, 1.165) is 0 Å². The van der Waals surface area contributed by atoms with Gasteiger partial charge in [-0.15, -0.1) is 11.3 Å². The fourth-order valence-corrected chi connectivity index (χ4v) is 2.23. The van der Waals surface area contributed by atoms with Crippen molar-refractivity contribution in [1.29, 1.82) is 0 Å². The second kappa shape index (κ2) is 9.09. The van der Waals surface area contributed by atoms with Crippen molar-refractivity contribution in [3.05, 3.63) is 22.4 Å². The number of carboxylic acids is 1. The molecule has 21 heavy (non-hydrogen) atoms. The number of hydrogen-bond donors (Lipinski definition) is 2. The van der Waals surface area contributed by atoms with Crippen LogP contribution in [0.5, 0.6) is 0 Å². The molecule has 2 N–H and O–H groups in total. The van der Waals surface area contributed by atoms with Crippen molar-refractivity contribution in [1.82, 2.24) is 10.2 Å². The fraction of sp³-hybridized carbons (Fsp3) is 0.462. The summed E-state index contributed by atoms with van der Waals surface area (Å²) in [5.74, 6) is -1.65. The van der Waals surface area contributed by atoms with Crippen LogP contribution < -0.4 is 5.32 Å². The van der Waals surface area contributed by atoms with Crippen LogP contribution in [0.1, 0.15) is 16.1 Å². The van der Waals surface area contributed by atoms with Gasteiger partial charge in [0.25, 0.3) is 5.91 Å². The van der Waals surface area contributed by atoms with E-state index < -0.39 is 5.97 Å². The third-order valence-electron chi connectivity index (χ3n) is 2.61. The third-order valence-corrected chi connectivity index (χ3v) is 3.48. The highest BCUT2D eigenvalue weighted by atomic mass is 32.1. The normalized spacial score (nSPS) is 10.1. The number of carbonyl (C=O) groups is 3. The van der Waals surface area contributed by atoms with E-state index in [1.54, 1.807) is 17.5 Å². The Bertz CT molecular complexity index is 475. The monoisotopic (exact) mass is 314 g/mol. The molecule has 0 radical (unpaired) electrons. The van der Waals surface area contributed by atoms with Gasteiger partial charge in [0.05, 0.1) is 11.5 Å². The van der Waals surface area contributed by atoms with Gasteiger partial charge in [0.1, 0.15) is 6.54 Å². The maximum Gasteiger partial charge on any atom is 0.323 e. The van der Waals surface area contributed by atoms with Gasteiger partial charge >= 0.3 is 5.97 Å². The highest BCUT2D eigenvalue weighted by Gasteiger charge is 2.16. The Balaban J connectivity index is 2.38. The number of ether oxygens (including phenoxy) is 1. The molecule has 0 fully saturated rings. The smallest absolute Gasteiger partial charge is 0.323 e. The van der Waals surface area contributed by atoms with Gasteiger partial charge in [-0.2, -0.15) is 0 Å². The topological polar surface area (TPSA) is 95.9 Å². The Morgan fingerprint density at radius 2 is 2.19 bits per heavy atom. The van der Waals surface area contributed by atoms with Crippen LogP contribution in [0.2, 0.25) is 0 Å². The fourth-order valence-electron chi connectivity index (χ4n) is 1.59. The lowest BCUT2D eigenvalue weighted by atomic mass is 10.3. The molecule has 0 aliphatic carbocycles. The van der Waals surface area contributed by atoms with Gasteiger partial charge < -0.3 is 20.1 Å². The van der Waals surface area contributed by atoms with Gasteiger partial charge in [-0.1, -0.05) is 6.07 Å². The van der Waals surface area contributed by atoms with E-state index in [9.17, 15) is 14.4 Å². The lowest BCUT2D eigenvalue weighted by molar-refractivity contribution is -0.144. The van der Waals surface area contributed by atoms with E-state index in [0.29, 0.717) is 4.88 Å². The van der Waals surface area contributed by atoms with Gasteiger partial charge in [-0.25, -0.2) is 0 Å². The highest BCUT2D eigenvalue weighted by Crippen LogP contribution is 2.07. The molecule has 116 valence electrons. The molecule has 0 bridgehead atoms. The van der Waals surface area contributed by atoms with Gasteiger partial charge in [0, 0.05) is 26.6 Å². The average Bonchev–Trinajstić information content (AvgIpc) is 2.96. The SMILES string of the molecule is COCCN(CC(=O)O)C(=O)CCNC(=O)c1cccs1. The van der Waals surface area contributed by atoms with Crippen molar-refractivity contribution in [3.63, 3.8) is 0 Å². The first-order valence-corrected chi connectivity index (χ1v) is 7.22. The summed E-state index contributed by atoms with van der Waals surface area (Å²) >= 11 is 1.31. The Morgan fingerprint density at radius 3 is 2.76 bits per heavy atom. The van der Waals surface area contributed by atoms with E-state index in [-0.39, 0.29) is 44.5 Å². The molecule has 1 rings (SSSR count). The number of carbonyl (C=O) groups excluding carboxylic acids is 2. The summed E-state index contributed by atoms with van der Waals surface area (Å²) < 4.78 is 4.84. The summed E-state index contributed by atoms with van der Waals surface area (Å²) in [6.45, 7) is 0.265. The molecule has 0 spiro atoms. The molecular weight excluding hydrogens is 296 g/mol. The predicted molar refractivity (Wildman–Crippen MR) is 77.4 cm³/mol. The average molecular weight is 314 g/mol. The number of nitrogens with one attached hydrogen (secondary N) is 1. The second-order valence-electron chi connectivity index (χ2n) is 4.19. The van der Waals surface area contributed by atoms with Gasteiger partial charge in [0.2, 0.25) is 5.91 Å². The molecule has 0 atom stereocenters. The van der Waals surface area contributed by atoms with E-state index in [1.165, 1.54) is 23.3 Å². The van der Waals surface area contributed by atoms with E-state index in [1.807, 2.05) is 0 Å². The third kappa shape index (κ3) is 6.37. The van der Waals surface area contributed by atoms with Crippen molar-refractivity contribution in [3.8, 4) is 0 Å². The number of aliphatic carboxylic acids is 1. The molecule has 0 aromatic carbocycles. The minimum atomic E-state index is -1.08. The van der Waals surface area contributed by atoms with Crippen molar-refractivity contribution in [2.75, 3.05) is 33.4 Å². The Kier molecular flexibility index (Phi) is 7.41. The first kappa shape index (κ1) is 17.1. The van der Waals surface area contributed by atoms with Crippen LogP contribution in [0.15, 0.2) is 17.5 Å². The zero-order valence-corrected chi connectivity index (χ0v) is 12.5. The van der Waals surface area contributed by atoms with Crippen molar-refractivity contribution in [2.24, 2.45) is 0 Å². The number of amides is 2. The van der Waals surface area contributed by atoms with Gasteiger partial charge in [-0.05, 0) is 11.4 Å². The number of thiophene rings is 1. The molecule has 0 saturated heterocycles. The predicted octanol–water partition coefficient (Wildman–Crippen LogP) is 0.428. The van der Waals surface area contributed by atoms with Crippen LogP contribution in [-0.4, -0.2) is 61.1 Å². The summed E-state index contributed by atoms with van der Waals surface area (Å²) in [7, 11) is 1.48. The minimum Gasteiger partial charge on any atom is -0.480 e. The molecule has 2 amide bonds. The lowest BCUT2D eigenvalue weighted by Gasteiger charge is -2.20. The Morgan fingerprint density at radius 1 is 1.43 bits per heavy atom. The molecule has 0 aliphatic rings. The lowest BCUT2D eigenvalue weighted by Crippen LogP contribution is -2.39. The first-order valence-electron chi connectivity index (χ1n) is 6.34. The van der Waals surface area contributed by atoms with E-state index in [2.05, 4.69) is 5.32 Å². The largest absolute Gasteiger partial charge is 0.480 e. The minimum absolute atomic E-state index is 0.0497. The van der Waals surface area contributed by atoms with E-state index in [4.69, 9.17) is 9.84 Å². The summed E-state index contributed by atoms with van der Waals surface area (Å²) in [6.07, 6.45) is 0.0497. The van der Waals surface area contributed by atoms with Crippen molar-refractivity contribution in [2.45, 2.75) is 6.42 Å². The summed E-state index contributed by atoms with van der Waals surface area (Å²) in [4.78, 5) is 36.1. The summed E-state index contributed by atoms with van der Waals surface area (Å²) in [6, 6.07) is 3.46. The van der Waals surface area contributed by atoms with Crippen molar-refractivity contribution < 1.29 is 24.2 Å². The Hall–Kier alpha value is -1.93. The molecule has 1 heterocycles. The van der Waals surface area contributed by atoms with Crippen LogP contribution >= 0.6 is 11.3 Å². The van der Waals surface area contributed by atoms with Crippen LogP contribution in [0.25, 0.3) is 0 Å². The summed E-state index contributed by atoms with van der Waals surface area (Å²) in [5.41, 5.74) is 0. The van der Waals surface area contributed by atoms with Gasteiger partial charge in [0.15, 0.2) is 0 Å². The molecule has 0 unspecified atom stereocenters. The molecule has 1 aromatic rings. The number of carboxylic acid groups (broad SMARTS) is 1.